The van der Waals surface area contributed by atoms with Crippen molar-refractivity contribution >= 4 is 10.9 Å². The zero-order valence-electron chi connectivity index (χ0n) is 6.53. The van der Waals surface area contributed by atoms with E-state index in [1.54, 1.807) is 6.07 Å². The second kappa shape index (κ2) is 2.41. The highest BCUT2D eigenvalue weighted by atomic mass is 16.1. The molecule has 2 aromatic rings. The van der Waals surface area contributed by atoms with Gasteiger partial charge < -0.3 is 0 Å². The molecule has 0 amide bonds. The first-order valence-electron chi connectivity index (χ1n) is 3.60. The third-order valence-corrected chi connectivity index (χ3v) is 1.78. The van der Waals surface area contributed by atoms with Gasteiger partial charge in [0.15, 0.2) is 0 Å². The van der Waals surface area contributed by atoms with Crippen LogP contribution < -0.4 is 5.56 Å². The second-order valence-corrected chi connectivity index (χ2v) is 2.61. The van der Waals surface area contributed by atoms with Crippen molar-refractivity contribution < 1.29 is 0 Å². The van der Waals surface area contributed by atoms with Crippen LogP contribution in [0.5, 0.6) is 0 Å². The molecular weight excluding hydrogens is 154 g/mol. The Morgan fingerprint density at radius 3 is 3.00 bits per heavy atom. The maximum absolute atomic E-state index is 11.2. The normalized spacial score (nSPS) is 10.4. The van der Waals surface area contributed by atoms with E-state index in [0.717, 1.165) is 5.56 Å². The molecule has 4 heteroatoms. The van der Waals surface area contributed by atoms with Crippen LogP contribution >= 0.6 is 0 Å². The Labute approximate surface area is 68.2 Å². The van der Waals surface area contributed by atoms with Crippen LogP contribution in [0.25, 0.3) is 10.9 Å². The second-order valence-electron chi connectivity index (χ2n) is 2.61. The molecule has 0 saturated carbocycles. The van der Waals surface area contributed by atoms with Crippen LogP contribution in [0.1, 0.15) is 5.56 Å². The van der Waals surface area contributed by atoms with Crippen LogP contribution in [0.15, 0.2) is 23.0 Å². The number of H-pyrrole nitrogens is 1. The minimum Gasteiger partial charge on any atom is -0.267 e. The summed E-state index contributed by atoms with van der Waals surface area (Å²) in [5.74, 6) is 0. The Hall–Kier alpha value is -1.71. The van der Waals surface area contributed by atoms with Gasteiger partial charge in [-0.15, -0.1) is 5.10 Å². The van der Waals surface area contributed by atoms with Crippen molar-refractivity contribution in [3.63, 3.8) is 0 Å². The molecule has 0 aliphatic rings. The van der Waals surface area contributed by atoms with E-state index in [0.29, 0.717) is 10.9 Å². The zero-order valence-corrected chi connectivity index (χ0v) is 6.53. The van der Waals surface area contributed by atoms with Crippen molar-refractivity contribution in [2.45, 2.75) is 6.92 Å². The summed E-state index contributed by atoms with van der Waals surface area (Å²) in [6.07, 6.45) is 0. The van der Waals surface area contributed by atoms with Crippen molar-refractivity contribution in [1.29, 1.82) is 0 Å². The first-order chi connectivity index (χ1) is 5.79. The van der Waals surface area contributed by atoms with Crippen molar-refractivity contribution in [2.75, 3.05) is 0 Å². The molecule has 12 heavy (non-hydrogen) atoms. The average molecular weight is 161 g/mol. The number of aryl methyl sites for hydroxylation is 1. The van der Waals surface area contributed by atoms with Crippen LogP contribution in [-0.4, -0.2) is 15.4 Å². The van der Waals surface area contributed by atoms with Crippen LogP contribution in [0.4, 0.5) is 0 Å². The van der Waals surface area contributed by atoms with Gasteiger partial charge in [0.25, 0.3) is 5.56 Å². The number of hydrogen-bond donors (Lipinski definition) is 1. The Morgan fingerprint density at radius 2 is 2.25 bits per heavy atom. The van der Waals surface area contributed by atoms with Gasteiger partial charge in [-0.1, -0.05) is 17.3 Å². The lowest BCUT2D eigenvalue weighted by molar-refractivity contribution is 0.870. The van der Waals surface area contributed by atoms with Crippen LogP contribution in [-0.2, 0) is 0 Å². The van der Waals surface area contributed by atoms with Crippen LogP contribution in [0, 0.1) is 6.92 Å². The molecule has 0 unspecified atom stereocenters. The molecule has 1 N–H and O–H groups in total. The number of fused-ring (bicyclic) bond motifs is 1. The molecule has 0 bridgehead atoms. The van der Waals surface area contributed by atoms with Gasteiger partial charge in [-0.2, -0.15) is 0 Å². The van der Waals surface area contributed by atoms with E-state index in [9.17, 15) is 4.79 Å². The molecule has 1 aromatic heterocycles. The molecule has 0 fully saturated rings. The molecule has 2 rings (SSSR count). The number of nitrogens with zero attached hydrogens (tertiary/aromatic N) is 2. The fourth-order valence-corrected chi connectivity index (χ4v) is 1.16. The Balaban J connectivity index is 3.05. The lowest BCUT2D eigenvalue weighted by Gasteiger charge is -1.95. The number of aromatic nitrogens is 3. The molecule has 0 spiro atoms. The van der Waals surface area contributed by atoms with E-state index in [4.69, 9.17) is 0 Å². The third-order valence-electron chi connectivity index (χ3n) is 1.78. The standard InChI is InChI=1S/C8H7N3O/c1-5-3-2-4-6-7(5)9-11-10-8(6)12/h2-4H,1H3,(H,9,10,12). The predicted molar refractivity (Wildman–Crippen MR) is 44.9 cm³/mol. The van der Waals surface area contributed by atoms with Crippen LogP contribution in [0.3, 0.4) is 0 Å². The highest BCUT2D eigenvalue weighted by molar-refractivity contribution is 5.79. The van der Waals surface area contributed by atoms with Crippen molar-refractivity contribution in [1.82, 2.24) is 15.4 Å². The van der Waals surface area contributed by atoms with Gasteiger partial charge in [-0.3, -0.25) is 4.79 Å². The van der Waals surface area contributed by atoms with Crippen LogP contribution in [0.2, 0.25) is 0 Å². The number of nitrogens with one attached hydrogen (secondary N) is 1. The summed E-state index contributed by atoms with van der Waals surface area (Å²) < 4.78 is 0. The summed E-state index contributed by atoms with van der Waals surface area (Å²) in [4.78, 5) is 11.2. The summed E-state index contributed by atoms with van der Waals surface area (Å²) in [5, 5.41) is 10.2. The van der Waals surface area contributed by atoms with Gasteiger partial charge in [0, 0.05) is 0 Å². The Morgan fingerprint density at radius 1 is 1.42 bits per heavy atom. The van der Waals surface area contributed by atoms with E-state index < -0.39 is 0 Å². The molecule has 0 saturated heterocycles. The largest absolute Gasteiger partial charge is 0.275 e. The lowest BCUT2D eigenvalue weighted by atomic mass is 10.2. The van der Waals surface area contributed by atoms with E-state index in [-0.39, 0.29) is 5.56 Å². The summed E-state index contributed by atoms with van der Waals surface area (Å²) in [5.41, 5.74) is 1.44. The SMILES string of the molecule is Cc1cccc2c(=O)[nH]nnc12. The summed E-state index contributed by atoms with van der Waals surface area (Å²) in [6.45, 7) is 1.90. The number of aromatic amines is 1. The van der Waals surface area contributed by atoms with E-state index in [1.807, 2.05) is 19.1 Å². The zero-order chi connectivity index (χ0) is 8.55. The van der Waals surface area contributed by atoms with Gasteiger partial charge in [0.05, 0.1) is 5.39 Å². The van der Waals surface area contributed by atoms with Crippen molar-refractivity contribution in [2.24, 2.45) is 0 Å². The fourth-order valence-electron chi connectivity index (χ4n) is 1.16. The van der Waals surface area contributed by atoms with Crippen molar-refractivity contribution in [3.8, 4) is 0 Å². The maximum atomic E-state index is 11.2. The molecule has 4 nitrogen and oxygen atoms in total. The first-order valence-corrected chi connectivity index (χ1v) is 3.60. The summed E-state index contributed by atoms with van der Waals surface area (Å²) in [6, 6.07) is 5.46. The monoisotopic (exact) mass is 161 g/mol. The molecule has 0 radical (unpaired) electrons. The quantitative estimate of drug-likeness (QED) is 0.616. The molecule has 1 aromatic carbocycles. The van der Waals surface area contributed by atoms with Gasteiger partial charge in [-0.25, -0.2) is 5.10 Å². The predicted octanol–water partition coefficient (Wildman–Crippen LogP) is 0.627. The molecule has 0 aliphatic heterocycles. The van der Waals surface area contributed by atoms with E-state index >= 15 is 0 Å². The molecule has 0 aliphatic carbocycles. The molecular formula is C8H7N3O. The number of rotatable bonds is 0. The highest BCUT2D eigenvalue weighted by Gasteiger charge is 2.00. The minimum absolute atomic E-state index is 0.191. The van der Waals surface area contributed by atoms with Gasteiger partial charge in [0.1, 0.15) is 5.52 Å². The first kappa shape index (κ1) is 6.97. The van der Waals surface area contributed by atoms with E-state index in [2.05, 4.69) is 15.4 Å². The molecule has 0 atom stereocenters. The molecule has 60 valence electrons. The maximum Gasteiger partial charge on any atom is 0.275 e. The Bertz CT molecular complexity index is 475. The summed E-state index contributed by atoms with van der Waals surface area (Å²) >= 11 is 0. The fraction of sp³-hybridized carbons (Fsp3) is 0.125. The van der Waals surface area contributed by atoms with E-state index in [1.165, 1.54) is 0 Å². The van der Waals surface area contributed by atoms with Gasteiger partial charge >= 0.3 is 0 Å². The lowest BCUT2D eigenvalue weighted by Crippen LogP contribution is -2.09. The van der Waals surface area contributed by atoms with Crippen molar-refractivity contribution in [3.05, 3.63) is 34.1 Å². The minimum atomic E-state index is -0.191. The highest BCUT2D eigenvalue weighted by Crippen LogP contribution is 2.09. The number of benzene rings is 1. The van der Waals surface area contributed by atoms with Gasteiger partial charge in [0.2, 0.25) is 0 Å². The topological polar surface area (TPSA) is 58.6 Å². The van der Waals surface area contributed by atoms with Gasteiger partial charge in [-0.05, 0) is 18.6 Å². The summed E-state index contributed by atoms with van der Waals surface area (Å²) in [7, 11) is 0. The Kier molecular flexibility index (Phi) is 1.40. The third kappa shape index (κ3) is 0.887. The average Bonchev–Trinajstić information content (AvgIpc) is 2.07. The smallest absolute Gasteiger partial charge is 0.267 e. The number of hydrogen-bond acceptors (Lipinski definition) is 3. The molecule has 1 heterocycles.